The molecule has 0 radical (unpaired) electrons. The van der Waals surface area contributed by atoms with E-state index in [1.165, 1.54) is 25.7 Å². The molecule has 5 atom stereocenters. The topological polar surface area (TPSA) is 370 Å². The molecule has 24 nitrogen and oxygen atoms in total. The number of rotatable bonds is 48. The second kappa shape index (κ2) is 40.7. The maximum atomic E-state index is 12.6. The van der Waals surface area contributed by atoms with E-state index in [2.05, 4.69) is 26.6 Å². The fourth-order valence-corrected chi connectivity index (χ4v) is 6.84. The van der Waals surface area contributed by atoms with Crippen molar-refractivity contribution < 1.29 is 87.3 Å². The van der Waals surface area contributed by atoms with Crippen LogP contribution in [0.5, 0.6) is 0 Å². The molecule has 0 aromatic rings. The molecule has 0 saturated carbocycles. The van der Waals surface area contributed by atoms with E-state index in [4.69, 9.17) is 34.5 Å². The number of carboxylic acids is 4. The standard InChI is InChI=1S/C46H80N6O18/c47-43-36(70-43)31-68-29-27-67-26-24-49-41(57)32-69-30-28-66-25-23-48-37(53)20-17-33(44(60)61)51-39(55)22-19-35(46(64)65)52-40(56)21-18-34(45(62)63)50-38(54)15-13-11-9-7-5-3-1-2-4-6-8-10-12-14-16-42(58)59/h33-36,43H,1-32,47H2,(H,48,53)(H,49,57)(H,50,54)(H,51,55)(H,52,56)(H,58,59)(H,60,61)(H,62,63)(H,64,65)/t33-,34-,35-,36?,43?/m0/s1. The highest BCUT2D eigenvalue weighted by Gasteiger charge is 2.35. The molecule has 0 spiro atoms. The monoisotopic (exact) mass is 1000 g/mol. The minimum Gasteiger partial charge on any atom is -0.481 e. The Balaban J connectivity index is 2.17. The molecule has 1 aliphatic rings. The lowest BCUT2D eigenvalue weighted by atomic mass is 10.0. The van der Waals surface area contributed by atoms with Crippen LogP contribution in [0.15, 0.2) is 0 Å². The summed E-state index contributed by atoms with van der Waals surface area (Å²) in [7, 11) is 0. The minimum absolute atomic E-state index is 0.0564. The molecule has 0 aliphatic carbocycles. The van der Waals surface area contributed by atoms with Gasteiger partial charge >= 0.3 is 23.9 Å². The Labute approximate surface area is 409 Å². The van der Waals surface area contributed by atoms with Gasteiger partial charge in [0.05, 0.1) is 46.2 Å². The number of nitrogens with two attached hydrogens (primary N) is 1. The van der Waals surface area contributed by atoms with Crippen molar-refractivity contribution in [3.05, 3.63) is 0 Å². The van der Waals surface area contributed by atoms with E-state index >= 15 is 0 Å². The van der Waals surface area contributed by atoms with E-state index in [9.17, 15) is 58.5 Å². The highest BCUT2D eigenvalue weighted by Crippen LogP contribution is 2.16. The number of nitrogens with one attached hydrogen (secondary N) is 5. The summed E-state index contributed by atoms with van der Waals surface area (Å²) in [5.74, 6) is -7.98. The summed E-state index contributed by atoms with van der Waals surface area (Å²) in [6.07, 6.45) is 12.1. The quantitative estimate of drug-likeness (QED) is 0.0304. The molecule has 2 unspecified atom stereocenters. The van der Waals surface area contributed by atoms with Crippen LogP contribution < -0.4 is 32.3 Å². The third-order valence-electron chi connectivity index (χ3n) is 10.9. The van der Waals surface area contributed by atoms with Gasteiger partial charge in [0.1, 0.15) is 37.1 Å². The number of unbranched alkanes of at least 4 members (excludes halogenated alkanes) is 13. The Kier molecular flexibility index (Phi) is 36.6. The smallest absolute Gasteiger partial charge is 0.326 e. The second-order valence-corrected chi connectivity index (χ2v) is 17.0. The van der Waals surface area contributed by atoms with Crippen molar-refractivity contribution >= 4 is 53.4 Å². The van der Waals surface area contributed by atoms with Gasteiger partial charge < -0.3 is 76.4 Å². The Bertz CT molecular complexity index is 1560. The van der Waals surface area contributed by atoms with Crippen molar-refractivity contribution in [2.45, 2.75) is 172 Å². The number of hydrogen-bond acceptors (Lipinski definition) is 15. The van der Waals surface area contributed by atoms with Gasteiger partial charge in [-0.15, -0.1) is 0 Å². The summed E-state index contributed by atoms with van der Waals surface area (Å²) in [6.45, 7) is 2.02. The van der Waals surface area contributed by atoms with Crippen LogP contribution in [-0.4, -0.2) is 170 Å². The number of ether oxygens (including phenoxy) is 5. The lowest BCUT2D eigenvalue weighted by molar-refractivity contribution is -0.144. The normalized spacial score (nSPS) is 15.2. The average molecular weight is 1010 g/mol. The third-order valence-corrected chi connectivity index (χ3v) is 10.9. The van der Waals surface area contributed by atoms with Gasteiger partial charge in [0.2, 0.25) is 29.5 Å². The van der Waals surface area contributed by atoms with Crippen LogP contribution in [0.3, 0.4) is 0 Å². The largest absolute Gasteiger partial charge is 0.481 e. The fourth-order valence-electron chi connectivity index (χ4n) is 6.84. The zero-order chi connectivity index (χ0) is 51.8. The van der Waals surface area contributed by atoms with E-state index in [1.807, 2.05) is 0 Å². The lowest BCUT2D eigenvalue weighted by Crippen LogP contribution is -2.45. The van der Waals surface area contributed by atoms with Crippen LogP contribution >= 0.6 is 0 Å². The molecule has 0 aromatic carbocycles. The first-order chi connectivity index (χ1) is 33.6. The van der Waals surface area contributed by atoms with Crippen LogP contribution in [-0.2, 0) is 66.8 Å². The maximum Gasteiger partial charge on any atom is 0.326 e. The Hall–Kier alpha value is -5.01. The van der Waals surface area contributed by atoms with Gasteiger partial charge in [-0.25, -0.2) is 14.4 Å². The van der Waals surface area contributed by atoms with E-state index in [0.717, 1.165) is 57.8 Å². The average Bonchev–Trinajstić information content (AvgIpc) is 4.02. The van der Waals surface area contributed by atoms with Crippen LogP contribution in [0.4, 0.5) is 0 Å². The first-order valence-corrected chi connectivity index (χ1v) is 24.6. The van der Waals surface area contributed by atoms with E-state index in [0.29, 0.717) is 39.4 Å². The van der Waals surface area contributed by atoms with E-state index in [-0.39, 0.29) is 83.3 Å². The van der Waals surface area contributed by atoms with Crippen molar-refractivity contribution in [1.82, 2.24) is 26.6 Å². The Morgan fingerprint density at radius 3 is 1.17 bits per heavy atom. The van der Waals surface area contributed by atoms with Crippen LogP contribution in [0, 0.1) is 0 Å². The highest BCUT2D eigenvalue weighted by molar-refractivity contribution is 5.87. The van der Waals surface area contributed by atoms with Gasteiger partial charge in [0.15, 0.2) is 0 Å². The Morgan fingerprint density at radius 1 is 0.429 bits per heavy atom. The van der Waals surface area contributed by atoms with E-state index < -0.39 is 84.9 Å². The predicted octanol–water partition coefficient (Wildman–Crippen LogP) is 1.34. The molecule has 402 valence electrons. The molecule has 24 heteroatoms. The minimum atomic E-state index is -1.56. The SMILES string of the molecule is NC1OC1COCCOCCNC(=O)COCCOCCNC(=O)CC[C@H](NC(=O)CC[C@H](NC(=O)CC[C@H](NC(=O)CCCCCCCCCCCCCCCCC(=O)O)C(=O)O)C(=O)O)C(=O)O. The first kappa shape index (κ1) is 63.0. The second-order valence-electron chi connectivity index (χ2n) is 17.0. The molecule has 1 heterocycles. The molecule has 70 heavy (non-hydrogen) atoms. The van der Waals surface area contributed by atoms with E-state index in [1.54, 1.807) is 0 Å². The van der Waals surface area contributed by atoms with Gasteiger partial charge in [-0.05, 0) is 32.1 Å². The molecule has 1 fully saturated rings. The number of carbonyl (C=O) groups is 9. The van der Waals surface area contributed by atoms with Gasteiger partial charge in [0.25, 0.3) is 0 Å². The number of carbonyl (C=O) groups excluding carboxylic acids is 5. The molecule has 0 bridgehead atoms. The van der Waals surface area contributed by atoms with Gasteiger partial charge in [-0.2, -0.15) is 0 Å². The van der Waals surface area contributed by atoms with Crippen LogP contribution in [0.25, 0.3) is 0 Å². The molecule has 5 amide bonds. The zero-order valence-electron chi connectivity index (χ0n) is 40.6. The molecular formula is C46H80N6O18. The van der Waals surface area contributed by atoms with Gasteiger partial charge in [-0.3, -0.25) is 28.8 Å². The zero-order valence-corrected chi connectivity index (χ0v) is 40.6. The van der Waals surface area contributed by atoms with Crippen LogP contribution in [0.2, 0.25) is 0 Å². The van der Waals surface area contributed by atoms with Crippen molar-refractivity contribution in [3.8, 4) is 0 Å². The summed E-state index contributed by atoms with van der Waals surface area (Å²) in [5, 5.41) is 49.5. The highest BCUT2D eigenvalue weighted by atomic mass is 16.6. The summed E-state index contributed by atoms with van der Waals surface area (Å²) in [6, 6.07) is -4.41. The summed E-state index contributed by atoms with van der Waals surface area (Å²) >= 11 is 0. The van der Waals surface area contributed by atoms with Crippen LogP contribution in [0.1, 0.15) is 141 Å². The fraction of sp³-hybridized carbons (Fsp3) is 0.804. The van der Waals surface area contributed by atoms with Crippen molar-refractivity contribution in [1.29, 1.82) is 0 Å². The number of aliphatic carboxylic acids is 4. The van der Waals surface area contributed by atoms with Gasteiger partial charge in [-0.1, -0.05) is 77.0 Å². The van der Waals surface area contributed by atoms with Crippen molar-refractivity contribution in [2.75, 3.05) is 65.9 Å². The Morgan fingerprint density at radius 2 is 0.771 bits per heavy atom. The summed E-state index contributed by atoms with van der Waals surface area (Å²) in [4.78, 5) is 108. The number of amides is 5. The number of epoxide rings is 1. The lowest BCUT2D eigenvalue weighted by Gasteiger charge is -2.18. The van der Waals surface area contributed by atoms with Crippen molar-refractivity contribution in [3.63, 3.8) is 0 Å². The van der Waals surface area contributed by atoms with Crippen molar-refractivity contribution in [2.24, 2.45) is 5.73 Å². The number of hydrogen-bond donors (Lipinski definition) is 10. The molecular weight excluding hydrogens is 925 g/mol. The summed E-state index contributed by atoms with van der Waals surface area (Å²) in [5.41, 5.74) is 5.49. The first-order valence-electron chi connectivity index (χ1n) is 24.6. The number of carboxylic acid groups (broad SMARTS) is 4. The molecule has 1 rings (SSSR count). The third kappa shape index (κ3) is 36.9. The maximum absolute atomic E-state index is 12.6. The predicted molar refractivity (Wildman–Crippen MR) is 250 cm³/mol. The van der Waals surface area contributed by atoms with Gasteiger partial charge in [0, 0.05) is 45.2 Å². The molecule has 1 aliphatic heterocycles. The molecule has 1 saturated heterocycles. The molecule has 0 aromatic heterocycles. The summed E-state index contributed by atoms with van der Waals surface area (Å²) < 4.78 is 26.3. The molecule has 11 N–H and O–H groups in total.